The third-order valence-corrected chi connectivity index (χ3v) is 4.47. The number of hydrogen-bond donors (Lipinski definition) is 3. The Hall–Kier alpha value is -3.88. The lowest BCUT2D eigenvalue weighted by molar-refractivity contribution is -0.145. The molecule has 9 nitrogen and oxygen atoms in total. The molecule has 0 aliphatic heterocycles. The van der Waals surface area contributed by atoms with Crippen LogP contribution in [-0.4, -0.2) is 49.6 Å². The van der Waals surface area contributed by atoms with Crippen LogP contribution in [0.2, 0.25) is 0 Å². The van der Waals surface area contributed by atoms with E-state index in [2.05, 4.69) is 16.0 Å². The summed E-state index contributed by atoms with van der Waals surface area (Å²) in [6.45, 7) is 1.16. The van der Waals surface area contributed by atoms with E-state index in [4.69, 9.17) is 9.47 Å². The highest BCUT2D eigenvalue weighted by Gasteiger charge is 2.23. The quantitative estimate of drug-likeness (QED) is 0.478. The summed E-state index contributed by atoms with van der Waals surface area (Å²) in [5.41, 5.74) is 1.66. The molecule has 9 heteroatoms. The molecule has 0 saturated heterocycles. The van der Waals surface area contributed by atoms with Crippen LogP contribution in [0.3, 0.4) is 0 Å². The first-order chi connectivity index (χ1) is 15.4. The van der Waals surface area contributed by atoms with Gasteiger partial charge in [-0.25, -0.2) is 9.59 Å². The van der Waals surface area contributed by atoms with Crippen molar-refractivity contribution < 1.29 is 28.7 Å². The smallest absolute Gasteiger partial charge is 0.408 e. The summed E-state index contributed by atoms with van der Waals surface area (Å²) >= 11 is 0. The minimum atomic E-state index is -0.924. The van der Waals surface area contributed by atoms with Crippen molar-refractivity contribution in [1.82, 2.24) is 16.0 Å². The van der Waals surface area contributed by atoms with E-state index in [0.29, 0.717) is 0 Å². The third kappa shape index (κ3) is 8.47. The van der Waals surface area contributed by atoms with Gasteiger partial charge in [0.05, 0.1) is 13.7 Å². The molecule has 0 bridgehead atoms. The van der Waals surface area contributed by atoms with Crippen molar-refractivity contribution in [3.05, 3.63) is 71.8 Å². The van der Waals surface area contributed by atoms with Crippen LogP contribution in [0, 0.1) is 0 Å². The van der Waals surface area contributed by atoms with Crippen molar-refractivity contribution in [3.63, 3.8) is 0 Å². The Balaban J connectivity index is 1.76. The first kappa shape index (κ1) is 24.4. The van der Waals surface area contributed by atoms with Gasteiger partial charge < -0.3 is 25.4 Å². The Morgan fingerprint density at radius 1 is 0.875 bits per heavy atom. The van der Waals surface area contributed by atoms with Gasteiger partial charge in [0, 0.05) is 6.42 Å². The summed E-state index contributed by atoms with van der Waals surface area (Å²) < 4.78 is 9.81. The fourth-order valence-corrected chi connectivity index (χ4v) is 2.76. The van der Waals surface area contributed by atoms with E-state index < -0.39 is 36.0 Å². The Morgan fingerprint density at radius 2 is 1.47 bits per heavy atom. The first-order valence-corrected chi connectivity index (χ1v) is 10.0. The molecule has 0 spiro atoms. The predicted molar refractivity (Wildman–Crippen MR) is 116 cm³/mol. The van der Waals surface area contributed by atoms with E-state index in [0.717, 1.165) is 11.1 Å². The van der Waals surface area contributed by atoms with Crippen molar-refractivity contribution >= 4 is 23.9 Å². The van der Waals surface area contributed by atoms with Gasteiger partial charge in [-0.2, -0.15) is 0 Å². The summed E-state index contributed by atoms with van der Waals surface area (Å²) in [6, 6.07) is 16.4. The minimum Gasteiger partial charge on any atom is -0.467 e. The molecule has 0 heterocycles. The van der Waals surface area contributed by atoms with Crippen LogP contribution in [0.15, 0.2) is 60.7 Å². The molecule has 2 aromatic rings. The highest BCUT2D eigenvalue weighted by molar-refractivity contribution is 5.90. The molecule has 0 fully saturated rings. The number of hydrogen-bond acceptors (Lipinski definition) is 6. The molecule has 0 aromatic heterocycles. The van der Waals surface area contributed by atoms with Gasteiger partial charge in [-0.15, -0.1) is 0 Å². The standard InChI is InChI=1S/C23H27N3O6/c1-16(25-23(30)32-15-18-11-7-4-8-12-18)21(28)24-14-20(27)26-19(22(29)31-2)13-17-9-5-3-6-10-17/h3-12,16,19H,13-15H2,1-2H3,(H,24,28)(H,25,30)(H,26,27)/t16-,19+/m1/s1. The van der Waals surface area contributed by atoms with Crippen LogP contribution in [0.25, 0.3) is 0 Å². The number of carbonyl (C=O) groups is 4. The molecule has 170 valence electrons. The second-order valence-corrected chi connectivity index (χ2v) is 6.98. The zero-order valence-electron chi connectivity index (χ0n) is 18.0. The van der Waals surface area contributed by atoms with Crippen molar-refractivity contribution in [1.29, 1.82) is 0 Å². The molecule has 0 aliphatic rings. The van der Waals surface area contributed by atoms with Crippen LogP contribution >= 0.6 is 0 Å². The Bertz CT molecular complexity index is 904. The highest BCUT2D eigenvalue weighted by Crippen LogP contribution is 2.04. The molecule has 0 aliphatic carbocycles. The van der Waals surface area contributed by atoms with Gasteiger partial charge in [-0.1, -0.05) is 60.7 Å². The lowest BCUT2D eigenvalue weighted by atomic mass is 10.1. The van der Waals surface area contributed by atoms with E-state index in [1.165, 1.54) is 14.0 Å². The number of alkyl carbamates (subject to hydrolysis) is 1. The van der Waals surface area contributed by atoms with E-state index >= 15 is 0 Å². The molecule has 2 rings (SSSR count). The number of methoxy groups -OCH3 is 1. The van der Waals surface area contributed by atoms with Gasteiger partial charge in [0.15, 0.2) is 0 Å². The average Bonchev–Trinajstić information content (AvgIpc) is 2.81. The molecule has 2 atom stereocenters. The summed E-state index contributed by atoms with van der Waals surface area (Å²) in [4.78, 5) is 48.2. The molecule has 32 heavy (non-hydrogen) atoms. The third-order valence-electron chi connectivity index (χ3n) is 4.47. The van der Waals surface area contributed by atoms with Gasteiger partial charge in [0.2, 0.25) is 11.8 Å². The van der Waals surface area contributed by atoms with Crippen LogP contribution < -0.4 is 16.0 Å². The number of benzene rings is 2. The van der Waals surface area contributed by atoms with E-state index in [9.17, 15) is 19.2 Å². The number of ether oxygens (including phenoxy) is 2. The number of carbonyl (C=O) groups excluding carboxylic acids is 4. The Morgan fingerprint density at radius 3 is 2.06 bits per heavy atom. The zero-order valence-corrected chi connectivity index (χ0v) is 18.0. The van der Waals surface area contributed by atoms with Gasteiger partial charge in [0.1, 0.15) is 18.7 Å². The molecule has 3 amide bonds. The highest BCUT2D eigenvalue weighted by atomic mass is 16.5. The zero-order chi connectivity index (χ0) is 23.3. The first-order valence-electron chi connectivity index (χ1n) is 10.0. The molecular formula is C23H27N3O6. The monoisotopic (exact) mass is 441 g/mol. The lowest BCUT2D eigenvalue weighted by Crippen LogP contribution is -2.50. The van der Waals surface area contributed by atoms with E-state index in [1.54, 1.807) is 12.1 Å². The topological polar surface area (TPSA) is 123 Å². The van der Waals surface area contributed by atoms with Gasteiger partial charge in [0.25, 0.3) is 0 Å². The summed E-state index contributed by atoms with van der Waals surface area (Å²) in [6.07, 6.45) is -0.507. The maximum atomic E-state index is 12.2. The Labute approximate surface area is 186 Å². The van der Waals surface area contributed by atoms with E-state index in [-0.39, 0.29) is 19.6 Å². The predicted octanol–water partition coefficient (Wildman–Crippen LogP) is 1.32. The fourth-order valence-electron chi connectivity index (χ4n) is 2.76. The second kappa shape index (κ2) is 12.7. The molecule has 2 aromatic carbocycles. The van der Waals surface area contributed by atoms with Crippen LogP contribution in [0.4, 0.5) is 4.79 Å². The minimum absolute atomic E-state index is 0.0692. The molecule has 3 N–H and O–H groups in total. The summed E-state index contributed by atoms with van der Waals surface area (Å²) in [5, 5.41) is 7.36. The Kier molecular flexibility index (Phi) is 9.70. The number of esters is 1. The summed E-state index contributed by atoms with van der Waals surface area (Å²) in [7, 11) is 1.23. The summed E-state index contributed by atoms with van der Waals surface area (Å²) in [5.74, 6) is -1.73. The van der Waals surface area contributed by atoms with Crippen molar-refractivity contribution in [2.45, 2.75) is 32.0 Å². The van der Waals surface area contributed by atoms with Crippen LogP contribution in [-0.2, 0) is 36.9 Å². The maximum absolute atomic E-state index is 12.2. The van der Waals surface area contributed by atoms with Crippen molar-refractivity contribution in [2.24, 2.45) is 0 Å². The molecule has 0 unspecified atom stereocenters. The van der Waals surface area contributed by atoms with E-state index in [1.807, 2.05) is 48.5 Å². The van der Waals surface area contributed by atoms with Crippen molar-refractivity contribution in [2.75, 3.05) is 13.7 Å². The molecule has 0 radical (unpaired) electrons. The van der Waals surface area contributed by atoms with Gasteiger partial charge in [-0.05, 0) is 18.1 Å². The van der Waals surface area contributed by atoms with Crippen LogP contribution in [0.1, 0.15) is 18.1 Å². The SMILES string of the molecule is COC(=O)[C@H](Cc1ccccc1)NC(=O)CNC(=O)[C@@H](C)NC(=O)OCc1ccccc1. The van der Waals surface area contributed by atoms with Crippen molar-refractivity contribution in [3.8, 4) is 0 Å². The number of rotatable bonds is 10. The fraction of sp³-hybridized carbons (Fsp3) is 0.304. The average molecular weight is 441 g/mol. The molecule has 0 saturated carbocycles. The van der Waals surface area contributed by atoms with Gasteiger partial charge >= 0.3 is 12.1 Å². The number of nitrogens with one attached hydrogen (secondary N) is 3. The molecular weight excluding hydrogens is 414 g/mol. The second-order valence-electron chi connectivity index (χ2n) is 6.98. The normalized spacial score (nSPS) is 12.1. The largest absolute Gasteiger partial charge is 0.467 e. The lowest BCUT2D eigenvalue weighted by Gasteiger charge is -2.18. The maximum Gasteiger partial charge on any atom is 0.408 e. The van der Waals surface area contributed by atoms with Gasteiger partial charge in [-0.3, -0.25) is 9.59 Å². The number of amides is 3. The van der Waals surface area contributed by atoms with Crippen LogP contribution in [0.5, 0.6) is 0 Å².